The second-order valence-corrected chi connectivity index (χ2v) is 8.54. The highest BCUT2D eigenvalue weighted by atomic mass is 79.9. The predicted molar refractivity (Wildman–Crippen MR) is 77.9 cm³/mol. The summed E-state index contributed by atoms with van der Waals surface area (Å²) in [4.78, 5) is 1.02. The Morgan fingerprint density at radius 1 is 1.38 bits per heavy atom. The minimum atomic E-state index is -0.359. The van der Waals surface area contributed by atoms with Gasteiger partial charge in [-0.2, -0.15) is 0 Å². The average Bonchev–Trinajstić information content (AvgIpc) is 2.45. The molecule has 0 saturated carbocycles. The summed E-state index contributed by atoms with van der Waals surface area (Å²) in [6, 6.07) is 1.99. The third-order valence-corrected chi connectivity index (χ3v) is 6.41. The highest BCUT2D eigenvalue weighted by Gasteiger charge is 2.24. The van der Waals surface area contributed by atoms with Gasteiger partial charge in [-0.05, 0) is 55.7 Å². The summed E-state index contributed by atoms with van der Waals surface area (Å²) < 4.78 is 2.07. The van der Waals surface area contributed by atoms with Gasteiger partial charge in [0.05, 0.1) is 9.89 Å². The molecular formula is C12H18Br2OS. The molecule has 1 heterocycles. The molecule has 1 N–H and O–H groups in total. The Labute approximate surface area is 119 Å². The van der Waals surface area contributed by atoms with E-state index in [1.165, 1.54) is 0 Å². The van der Waals surface area contributed by atoms with Crippen LogP contribution in [0.3, 0.4) is 0 Å². The van der Waals surface area contributed by atoms with Crippen molar-refractivity contribution in [3.05, 3.63) is 19.2 Å². The van der Waals surface area contributed by atoms with Crippen molar-refractivity contribution < 1.29 is 5.11 Å². The molecule has 0 saturated heterocycles. The van der Waals surface area contributed by atoms with E-state index in [9.17, 15) is 5.11 Å². The second-order valence-electron chi connectivity index (χ2n) is 5.29. The van der Waals surface area contributed by atoms with Crippen LogP contribution in [0.2, 0.25) is 0 Å². The summed E-state index contributed by atoms with van der Waals surface area (Å²) in [5.74, 6) is 0.488. The van der Waals surface area contributed by atoms with E-state index in [0.717, 1.165) is 19.6 Å². The van der Waals surface area contributed by atoms with Crippen molar-refractivity contribution in [2.24, 2.45) is 11.3 Å². The van der Waals surface area contributed by atoms with Crippen molar-refractivity contribution in [2.75, 3.05) is 0 Å². The molecule has 0 spiro atoms. The number of aliphatic hydroxyl groups excluding tert-OH is 1. The van der Waals surface area contributed by atoms with E-state index in [1.807, 2.05) is 6.07 Å². The first kappa shape index (κ1) is 14.7. The van der Waals surface area contributed by atoms with Crippen LogP contribution in [0.1, 0.15) is 45.1 Å². The van der Waals surface area contributed by atoms with Crippen LogP contribution < -0.4 is 0 Å². The van der Waals surface area contributed by atoms with Gasteiger partial charge in [0.2, 0.25) is 0 Å². The maximum absolute atomic E-state index is 10.2. The highest BCUT2D eigenvalue weighted by molar-refractivity contribution is 9.13. The van der Waals surface area contributed by atoms with Gasteiger partial charge in [0.15, 0.2) is 0 Å². The summed E-state index contributed by atoms with van der Waals surface area (Å²) in [7, 11) is 0. The molecule has 1 nitrogen and oxygen atoms in total. The molecule has 0 radical (unpaired) electrons. The molecule has 92 valence electrons. The summed E-state index contributed by atoms with van der Waals surface area (Å²) in [5, 5.41) is 10.2. The van der Waals surface area contributed by atoms with Crippen LogP contribution in [-0.4, -0.2) is 5.11 Å². The third-order valence-electron chi connectivity index (χ3n) is 3.05. The van der Waals surface area contributed by atoms with Gasteiger partial charge < -0.3 is 5.11 Å². The van der Waals surface area contributed by atoms with Gasteiger partial charge in [-0.15, -0.1) is 11.3 Å². The molecule has 0 aromatic carbocycles. The molecule has 1 aromatic rings. The lowest BCUT2D eigenvalue weighted by atomic mass is 9.79. The molecule has 0 fully saturated rings. The van der Waals surface area contributed by atoms with Gasteiger partial charge >= 0.3 is 0 Å². The van der Waals surface area contributed by atoms with Gasteiger partial charge in [0, 0.05) is 9.35 Å². The minimum absolute atomic E-state index is 0.243. The Kier molecular flexibility index (Phi) is 5.05. The monoisotopic (exact) mass is 368 g/mol. The molecular weight excluding hydrogens is 352 g/mol. The van der Waals surface area contributed by atoms with E-state index in [1.54, 1.807) is 11.3 Å². The molecule has 1 aromatic heterocycles. The van der Waals surface area contributed by atoms with Crippen LogP contribution in [0.15, 0.2) is 14.3 Å². The van der Waals surface area contributed by atoms with Gasteiger partial charge in [-0.1, -0.05) is 27.7 Å². The number of hydrogen-bond donors (Lipinski definition) is 1. The van der Waals surface area contributed by atoms with Crippen molar-refractivity contribution >= 4 is 43.2 Å². The molecule has 16 heavy (non-hydrogen) atoms. The van der Waals surface area contributed by atoms with E-state index in [2.05, 4.69) is 59.6 Å². The maximum atomic E-state index is 10.2. The molecule has 0 aliphatic carbocycles. The van der Waals surface area contributed by atoms with E-state index in [4.69, 9.17) is 0 Å². The van der Waals surface area contributed by atoms with Gasteiger partial charge in [0.1, 0.15) is 0 Å². The zero-order valence-electron chi connectivity index (χ0n) is 10.1. The first-order chi connectivity index (χ1) is 7.21. The van der Waals surface area contributed by atoms with E-state index >= 15 is 0 Å². The van der Waals surface area contributed by atoms with Gasteiger partial charge in [0.25, 0.3) is 0 Å². The van der Waals surface area contributed by atoms with Crippen LogP contribution in [0.25, 0.3) is 0 Å². The van der Waals surface area contributed by atoms with E-state index in [-0.39, 0.29) is 11.5 Å². The largest absolute Gasteiger partial charge is 0.388 e. The third kappa shape index (κ3) is 3.83. The smallest absolute Gasteiger partial charge is 0.0885 e. The van der Waals surface area contributed by atoms with Crippen LogP contribution in [-0.2, 0) is 0 Å². The SMILES string of the molecule is CC(CC(O)c1cc(Br)c(Br)s1)C(C)(C)C. The molecule has 0 aliphatic rings. The van der Waals surface area contributed by atoms with Crippen molar-refractivity contribution in [3.63, 3.8) is 0 Å². The molecule has 1 rings (SSSR count). The van der Waals surface area contributed by atoms with Crippen LogP contribution in [0.4, 0.5) is 0 Å². The lowest BCUT2D eigenvalue weighted by Gasteiger charge is -2.28. The maximum Gasteiger partial charge on any atom is 0.0885 e. The zero-order valence-corrected chi connectivity index (χ0v) is 14.0. The van der Waals surface area contributed by atoms with E-state index < -0.39 is 0 Å². The predicted octanol–water partition coefficient (Wildman–Crippen LogP) is 5.38. The van der Waals surface area contributed by atoms with Gasteiger partial charge in [-0.25, -0.2) is 0 Å². The molecule has 2 atom stereocenters. The summed E-state index contributed by atoms with van der Waals surface area (Å²) in [5.41, 5.74) is 0.243. The highest BCUT2D eigenvalue weighted by Crippen LogP contribution is 2.39. The average molecular weight is 370 g/mol. The van der Waals surface area contributed by atoms with Crippen molar-refractivity contribution in [3.8, 4) is 0 Å². The van der Waals surface area contributed by atoms with E-state index in [0.29, 0.717) is 5.92 Å². The Morgan fingerprint density at radius 2 is 1.94 bits per heavy atom. The fraction of sp³-hybridized carbons (Fsp3) is 0.667. The normalized spacial score (nSPS) is 16.2. The number of halogens is 2. The molecule has 0 amide bonds. The number of thiophene rings is 1. The van der Waals surface area contributed by atoms with Crippen LogP contribution in [0.5, 0.6) is 0 Å². The standard InChI is InChI=1S/C12H18Br2OS/c1-7(12(2,3)4)5-9(15)10-6-8(13)11(14)16-10/h6-7,9,15H,5H2,1-4H3. The quantitative estimate of drug-likeness (QED) is 0.758. The summed E-state index contributed by atoms with van der Waals surface area (Å²) in [6.07, 6.45) is 0.449. The van der Waals surface area contributed by atoms with Crippen molar-refractivity contribution in [2.45, 2.75) is 40.2 Å². The molecule has 0 bridgehead atoms. The molecule has 2 unspecified atom stereocenters. The fourth-order valence-corrected chi connectivity index (χ4v) is 3.42. The summed E-state index contributed by atoms with van der Waals surface area (Å²) >= 11 is 8.49. The number of hydrogen-bond acceptors (Lipinski definition) is 2. The lowest BCUT2D eigenvalue weighted by Crippen LogP contribution is -2.19. The van der Waals surface area contributed by atoms with Crippen molar-refractivity contribution in [1.82, 2.24) is 0 Å². The van der Waals surface area contributed by atoms with Gasteiger partial charge in [-0.3, -0.25) is 0 Å². The Hall–Kier alpha value is 0.620. The van der Waals surface area contributed by atoms with Crippen LogP contribution in [0, 0.1) is 11.3 Å². The minimum Gasteiger partial charge on any atom is -0.388 e. The Bertz CT molecular complexity index is 335. The fourth-order valence-electron chi connectivity index (χ4n) is 1.33. The Morgan fingerprint density at radius 3 is 2.31 bits per heavy atom. The van der Waals surface area contributed by atoms with Crippen LogP contribution >= 0.6 is 43.2 Å². The zero-order chi connectivity index (χ0) is 12.5. The second kappa shape index (κ2) is 5.51. The first-order valence-electron chi connectivity index (χ1n) is 5.34. The molecule has 0 aliphatic heterocycles. The Balaban J connectivity index is 2.69. The summed E-state index contributed by atoms with van der Waals surface area (Å²) in [6.45, 7) is 8.83. The number of aliphatic hydroxyl groups is 1. The first-order valence-corrected chi connectivity index (χ1v) is 7.75. The molecule has 4 heteroatoms. The topological polar surface area (TPSA) is 20.2 Å². The number of rotatable bonds is 3. The lowest BCUT2D eigenvalue weighted by molar-refractivity contribution is 0.113. The van der Waals surface area contributed by atoms with Crippen molar-refractivity contribution in [1.29, 1.82) is 0 Å².